The summed E-state index contributed by atoms with van der Waals surface area (Å²) in [7, 11) is -0.469. The summed E-state index contributed by atoms with van der Waals surface area (Å²) in [6.07, 6.45) is 0. The molecule has 6 nitrogen and oxygen atoms in total. The van der Waals surface area contributed by atoms with Crippen molar-refractivity contribution in [3.8, 4) is 0 Å². The van der Waals surface area contributed by atoms with E-state index in [4.69, 9.17) is 26.6 Å². The molecule has 21 heavy (non-hydrogen) atoms. The first-order chi connectivity index (χ1) is 9.50. The van der Waals surface area contributed by atoms with E-state index < -0.39 is 25.7 Å². The molecule has 0 radical (unpaired) electrons. The van der Waals surface area contributed by atoms with Crippen LogP contribution >= 0.6 is 0 Å². The summed E-state index contributed by atoms with van der Waals surface area (Å²) in [5.41, 5.74) is -0.151. The zero-order valence-corrected chi connectivity index (χ0v) is 18.1. The van der Waals surface area contributed by atoms with Gasteiger partial charge < -0.3 is 26.6 Å². The van der Waals surface area contributed by atoms with Gasteiger partial charge in [0, 0.05) is 35.0 Å². The van der Waals surface area contributed by atoms with Gasteiger partial charge >= 0.3 is 17.4 Å². The minimum Gasteiger partial charge on any atom is -0.410 e. The summed E-state index contributed by atoms with van der Waals surface area (Å²) >= 11 is 0. The fourth-order valence-electron chi connectivity index (χ4n) is 1.72. The van der Waals surface area contributed by atoms with E-state index in [9.17, 15) is 0 Å². The topological polar surface area (TPSA) is 55.4 Å². The maximum atomic E-state index is 6.32. The Bertz CT molecular complexity index is 307. The predicted molar refractivity (Wildman–Crippen MR) is 89.8 cm³/mol. The molecule has 0 saturated carbocycles. The van der Waals surface area contributed by atoms with Crippen molar-refractivity contribution in [3.05, 3.63) is 0 Å². The molecule has 128 valence electrons. The Kier molecular flexibility index (Phi) is 8.48. The van der Waals surface area contributed by atoms with Gasteiger partial charge in [-0.1, -0.05) is 0 Å². The molecule has 0 aliphatic rings. The second-order valence-electron chi connectivity index (χ2n) is 5.82. The molecule has 0 N–H and O–H groups in total. The van der Waals surface area contributed by atoms with Crippen LogP contribution in [0.3, 0.4) is 0 Å². The van der Waals surface area contributed by atoms with Crippen LogP contribution < -0.4 is 0 Å². The van der Waals surface area contributed by atoms with Crippen LogP contribution in [0.2, 0.25) is 26.2 Å². The summed E-state index contributed by atoms with van der Waals surface area (Å²) in [5, 5.41) is 0. The monoisotopic (exact) mass is 356 g/mol. The van der Waals surface area contributed by atoms with Gasteiger partial charge in [-0.3, -0.25) is 0 Å². The van der Waals surface area contributed by atoms with Crippen LogP contribution in [-0.4, -0.2) is 65.6 Å². The number of rotatable bonds is 10. The van der Waals surface area contributed by atoms with Gasteiger partial charge in [0.1, 0.15) is 0 Å². The SMILES string of the molecule is CO[Si](C)(OC)OC(C)[Si](C)(C)OC(C)[Si](C)(OC)OC. The van der Waals surface area contributed by atoms with Gasteiger partial charge in [0.15, 0.2) is 0 Å². The molecule has 0 aromatic carbocycles. The maximum Gasteiger partial charge on any atom is 0.497 e. The first kappa shape index (κ1) is 21.4. The van der Waals surface area contributed by atoms with Gasteiger partial charge in [-0.25, -0.2) is 0 Å². The third kappa shape index (κ3) is 5.84. The highest BCUT2D eigenvalue weighted by Crippen LogP contribution is 2.24. The molecule has 0 aromatic rings. The van der Waals surface area contributed by atoms with Crippen molar-refractivity contribution >= 4 is 25.7 Å². The van der Waals surface area contributed by atoms with Crippen molar-refractivity contribution in [2.24, 2.45) is 0 Å². The van der Waals surface area contributed by atoms with Gasteiger partial charge in [-0.2, -0.15) is 0 Å². The molecular weight excluding hydrogens is 324 g/mol. The highest BCUT2D eigenvalue weighted by molar-refractivity contribution is 6.75. The van der Waals surface area contributed by atoms with Crippen LogP contribution in [0.5, 0.6) is 0 Å². The van der Waals surface area contributed by atoms with Crippen molar-refractivity contribution in [1.29, 1.82) is 0 Å². The lowest BCUT2D eigenvalue weighted by molar-refractivity contribution is 0.0798. The van der Waals surface area contributed by atoms with E-state index in [1.165, 1.54) is 0 Å². The molecule has 0 rings (SSSR count). The van der Waals surface area contributed by atoms with E-state index in [2.05, 4.69) is 13.1 Å². The van der Waals surface area contributed by atoms with Gasteiger partial charge in [0.2, 0.25) is 8.32 Å². The second-order valence-corrected chi connectivity index (χ2v) is 16.5. The number of hydrogen-bond donors (Lipinski definition) is 0. The first-order valence-electron chi connectivity index (χ1n) is 7.06. The van der Waals surface area contributed by atoms with Gasteiger partial charge in [-0.05, 0) is 33.5 Å². The second kappa shape index (κ2) is 8.32. The Hall–Kier alpha value is 0.411. The molecule has 0 bridgehead atoms. The third-order valence-corrected chi connectivity index (χ3v) is 13.1. The minimum atomic E-state index is -2.58. The molecule has 0 aromatic heterocycles. The van der Waals surface area contributed by atoms with Gasteiger partial charge in [0.25, 0.3) is 0 Å². The van der Waals surface area contributed by atoms with E-state index in [1.807, 2.05) is 26.9 Å². The Morgan fingerprint density at radius 3 is 1.38 bits per heavy atom. The highest BCUT2D eigenvalue weighted by atomic mass is 28.4. The van der Waals surface area contributed by atoms with E-state index in [0.29, 0.717) is 0 Å². The molecular formula is C12H32O6Si3. The summed E-state index contributed by atoms with van der Waals surface area (Å²) in [6, 6.07) is 0. The Morgan fingerprint density at radius 1 is 0.619 bits per heavy atom. The van der Waals surface area contributed by atoms with E-state index in [1.54, 1.807) is 28.4 Å². The quantitative estimate of drug-likeness (QED) is 0.560. The molecule has 0 heterocycles. The van der Waals surface area contributed by atoms with Gasteiger partial charge in [-0.15, -0.1) is 0 Å². The van der Waals surface area contributed by atoms with Crippen LogP contribution in [0.25, 0.3) is 0 Å². The largest absolute Gasteiger partial charge is 0.497 e. The van der Waals surface area contributed by atoms with E-state index in [-0.39, 0.29) is 11.5 Å². The average Bonchev–Trinajstić information content (AvgIpc) is 2.45. The van der Waals surface area contributed by atoms with Crippen molar-refractivity contribution < 1.29 is 26.6 Å². The normalized spacial score (nSPS) is 16.9. The Labute approximate surface area is 132 Å². The smallest absolute Gasteiger partial charge is 0.410 e. The van der Waals surface area contributed by atoms with Gasteiger partial charge in [0.05, 0.1) is 11.5 Å². The maximum absolute atomic E-state index is 6.32. The van der Waals surface area contributed by atoms with Crippen molar-refractivity contribution in [1.82, 2.24) is 0 Å². The molecule has 0 amide bonds. The summed E-state index contributed by atoms with van der Waals surface area (Å²) in [4.78, 5) is 0. The molecule has 0 fully saturated rings. The van der Waals surface area contributed by atoms with Crippen LogP contribution in [0.4, 0.5) is 0 Å². The third-order valence-electron chi connectivity index (χ3n) is 4.14. The molecule has 2 unspecified atom stereocenters. The van der Waals surface area contributed by atoms with Crippen LogP contribution in [0.1, 0.15) is 13.8 Å². The van der Waals surface area contributed by atoms with Crippen LogP contribution in [-0.2, 0) is 26.6 Å². The van der Waals surface area contributed by atoms with Crippen molar-refractivity contribution in [3.63, 3.8) is 0 Å². The molecule has 0 spiro atoms. The molecule has 0 aliphatic carbocycles. The van der Waals surface area contributed by atoms with Crippen LogP contribution in [0.15, 0.2) is 0 Å². The average molecular weight is 357 g/mol. The summed E-state index contributed by atoms with van der Waals surface area (Å²) in [6.45, 7) is 12.1. The molecule has 0 saturated heterocycles. The zero-order chi connectivity index (χ0) is 16.9. The highest BCUT2D eigenvalue weighted by Gasteiger charge is 2.46. The molecule has 0 aliphatic heterocycles. The Balaban J connectivity index is 4.89. The van der Waals surface area contributed by atoms with Crippen molar-refractivity contribution in [2.45, 2.75) is 51.5 Å². The fraction of sp³-hybridized carbons (Fsp3) is 1.00. The van der Waals surface area contributed by atoms with Crippen LogP contribution in [0, 0.1) is 0 Å². The first-order valence-corrected chi connectivity index (χ1v) is 14.7. The number of hydrogen-bond acceptors (Lipinski definition) is 6. The molecule has 2 atom stereocenters. The standard InChI is InChI=1S/C12H32O6Si3/c1-11(18-21(10,15-5)16-6)19(7,8)17-12(2)20(9,13-3)14-4/h11-12H,1-10H3. The van der Waals surface area contributed by atoms with Crippen molar-refractivity contribution in [2.75, 3.05) is 28.4 Å². The minimum absolute atomic E-state index is 0.0662. The fourth-order valence-corrected chi connectivity index (χ4v) is 8.20. The zero-order valence-electron chi connectivity index (χ0n) is 15.1. The lowest BCUT2D eigenvalue weighted by Crippen LogP contribution is -2.58. The molecule has 9 heteroatoms. The van der Waals surface area contributed by atoms with E-state index >= 15 is 0 Å². The Morgan fingerprint density at radius 2 is 1.05 bits per heavy atom. The lowest BCUT2D eigenvalue weighted by Gasteiger charge is -2.39. The lowest BCUT2D eigenvalue weighted by atomic mass is 10.9. The summed E-state index contributed by atoms with van der Waals surface area (Å²) in [5.74, 6) is 0. The predicted octanol–water partition coefficient (Wildman–Crippen LogP) is 2.31. The van der Waals surface area contributed by atoms with E-state index in [0.717, 1.165) is 0 Å². The summed E-state index contributed by atoms with van der Waals surface area (Å²) < 4.78 is 34.2.